The number of rotatable bonds is 4. The monoisotopic (exact) mass is 357 g/mol. The number of hydrogen-bond donors (Lipinski definition) is 1. The Morgan fingerprint density at radius 2 is 2.04 bits per heavy atom. The molecule has 6 nitrogen and oxygen atoms in total. The average molecular weight is 357 g/mol. The zero-order valence-electron chi connectivity index (χ0n) is 15.4. The third kappa shape index (κ3) is 2.90. The molecule has 1 saturated carbocycles. The van der Waals surface area contributed by atoms with Gasteiger partial charge in [-0.1, -0.05) is 12.8 Å². The summed E-state index contributed by atoms with van der Waals surface area (Å²) in [7, 11) is 0. The highest BCUT2D eigenvalue weighted by atomic mass is 16.4. The Balaban J connectivity index is 1.47. The summed E-state index contributed by atoms with van der Waals surface area (Å²) in [5.74, 6) is -0.421. The third-order valence-electron chi connectivity index (χ3n) is 6.65. The van der Waals surface area contributed by atoms with Crippen molar-refractivity contribution in [3.8, 4) is 0 Å². The molecule has 1 aliphatic carbocycles. The van der Waals surface area contributed by atoms with E-state index in [4.69, 9.17) is 0 Å². The van der Waals surface area contributed by atoms with Crippen molar-refractivity contribution in [1.29, 1.82) is 0 Å². The van der Waals surface area contributed by atoms with Crippen LogP contribution in [0.15, 0.2) is 18.5 Å². The molecule has 6 heteroatoms. The Kier molecular flexibility index (Phi) is 4.47. The van der Waals surface area contributed by atoms with Crippen LogP contribution in [0.3, 0.4) is 0 Å². The topological polar surface area (TPSA) is 73.7 Å². The number of pyridine rings is 1. The minimum Gasteiger partial charge on any atom is -0.481 e. The molecule has 0 unspecified atom stereocenters. The molecule has 2 aliphatic heterocycles. The lowest BCUT2D eigenvalue weighted by atomic mass is 9.81. The fourth-order valence-corrected chi connectivity index (χ4v) is 5.11. The molecule has 2 atom stereocenters. The van der Waals surface area contributed by atoms with Crippen molar-refractivity contribution in [3.05, 3.63) is 29.6 Å². The first-order valence-corrected chi connectivity index (χ1v) is 9.63. The molecule has 1 aromatic heterocycles. The van der Waals surface area contributed by atoms with Crippen LogP contribution in [0.4, 0.5) is 0 Å². The van der Waals surface area contributed by atoms with Gasteiger partial charge in [0, 0.05) is 57.0 Å². The van der Waals surface area contributed by atoms with E-state index in [1.807, 2.05) is 24.1 Å². The van der Waals surface area contributed by atoms with Crippen molar-refractivity contribution in [2.24, 2.45) is 17.3 Å². The first kappa shape index (κ1) is 17.5. The minimum atomic E-state index is -0.810. The fourth-order valence-electron chi connectivity index (χ4n) is 5.11. The number of nitrogens with zero attached hydrogens (tertiary/aromatic N) is 3. The smallest absolute Gasteiger partial charge is 0.313 e. The van der Waals surface area contributed by atoms with E-state index in [1.54, 1.807) is 6.20 Å². The number of carbonyl (C=O) groups is 2. The van der Waals surface area contributed by atoms with Crippen molar-refractivity contribution in [2.75, 3.05) is 26.2 Å². The molecule has 2 saturated heterocycles. The van der Waals surface area contributed by atoms with Gasteiger partial charge in [0.1, 0.15) is 5.41 Å². The predicted octanol–water partition coefficient (Wildman–Crippen LogP) is 1.93. The highest BCUT2D eigenvalue weighted by Crippen LogP contribution is 2.44. The van der Waals surface area contributed by atoms with E-state index >= 15 is 0 Å². The summed E-state index contributed by atoms with van der Waals surface area (Å²) in [4.78, 5) is 33.2. The minimum absolute atomic E-state index is 0.0208. The Hall–Kier alpha value is -1.95. The SMILES string of the molecule is Cc1cnccc1CN1C[C@H]2CN(C(=O)C3CCCC3)C[C@@]2(C(=O)O)C1. The lowest BCUT2D eigenvalue weighted by Crippen LogP contribution is -2.43. The normalized spacial score (nSPS) is 29.3. The zero-order valence-corrected chi connectivity index (χ0v) is 15.4. The maximum atomic E-state index is 12.8. The standard InChI is InChI=1S/C20H27N3O3/c1-14-8-21-7-6-16(14)9-22-10-17-11-23(13-20(17,12-22)19(25)26)18(24)15-4-2-3-5-15/h6-8,15,17H,2-5,9-13H2,1H3,(H,25,26)/t17-,20-/m0/s1. The molecule has 4 rings (SSSR count). The number of aryl methyl sites for hydroxylation is 1. The van der Waals surface area contributed by atoms with Crippen LogP contribution in [0.5, 0.6) is 0 Å². The zero-order chi connectivity index (χ0) is 18.3. The molecular weight excluding hydrogens is 330 g/mol. The second kappa shape index (κ2) is 6.65. The van der Waals surface area contributed by atoms with E-state index in [1.165, 1.54) is 5.56 Å². The Morgan fingerprint density at radius 3 is 2.69 bits per heavy atom. The van der Waals surface area contributed by atoms with Crippen molar-refractivity contribution in [3.63, 3.8) is 0 Å². The van der Waals surface area contributed by atoms with Gasteiger partial charge in [-0.2, -0.15) is 0 Å². The summed E-state index contributed by atoms with van der Waals surface area (Å²) in [5, 5.41) is 10.0. The molecule has 26 heavy (non-hydrogen) atoms. The van der Waals surface area contributed by atoms with Gasteiger partial charge in [-0.25, -0.2) is 0 Å². The second-order valence-electron chi connectivity index (χ2n) is 8.33. The van der Waals surface area contributed by atoms with Crippen LogP contribution in [0.1, 0.15) is 36.8 Å². The quantitative estimate of drug-likeness (QED) is 0.891. The number of carboxylic acids is 1. The highest BCUT2D eigenvalue weighted by Gasteiger charge is 2.58. The number of fused-ring (bicyclic) bond motifs is 1. The van der Waals surface area contributed by atoms with Crippen LogP contribution in [0.25, 0.3) is 0 Å². The maximum Gasteiger partial charge on any atom is 0.313 e. The number of aliphatic carboxylic acids is 1. The lowest BCUT2D eigenvalue weighted by Gasteiger charge is -2.27. The number of hydrogen-bond acceptors (Lipinski definition) is 4. The van der Waals surface area contributed by atoms with E-state index in [-0.39, 0.29) is 17.7 Å². The number of amides is 1. The molecule has 1 aromatic rings. The van der Waals surface area contributed by atoms with Crippen LogP contribution in [-0.2, 0) is 16.1 Å². The molecular formula is C20H27N3O3. The van der Waals surface area contributed by atoms with Gasteiger partial charge in [0.2, 0.25) is 5.91 Å². The summed E-state index contributed by atoms with van der Waals surface area (Å²) in [6.45, 7) is 5.00. The summed E-state index contributed by atoms with van der Waals surface area (Å²) in [6.07, 6.45) is 7.81. The van der Waals surface area contributed by atoms with Gasteiger partial charge in [-0.05, 0) is 37.0 Å². The predicted molar refractivity (Wildman–Crippen MR) is 96.3 cm³/mol. The van der Waals surface area contributed by atoms with Gasteiger partial charge in [-0.3, -0.25) is 19.5 Å². The molecule has 3 heterocycles. The van der Waals surface area contributed by atoms with Gasteiger partial charge < -0.3 is 10.0 Å². The number of likely N-dealkylation sites (tertiary alicyclic amines) is 2. The summed E-state index contributed by atoms with van der Waals surface area (Å²) in [6, 6.07) is 2.01. The fraction of sp³-hybridized carbons (Fsp3) is 0.650. The van der Waals surface area contributed by atoms with Crippen molar-refractivity contribution in [2.45, 2.75) is 39.2 Å². The largest absolute Gasteiger partial charge is 0.481 e. The third-order valence-corrected chi connectivity index (χ3v) is 6.65. The van der Waals surface area contributed by atoms with Crippen molar-refractivity contribution >= 4 is 11.9 Å². The number of carboxylic acid groups (broad SMARTS) is 1. The van der Waals surface area contributed by atoms with Crippen LogP contribution in [0.2, 0.25) is 0 Å². The number of carbonyl (C=O) groups excluding carboxylic acids is 1. The molecule has 0 spiro atoms. The van der Waals surface area contributed by atoms with E-state index in [0.717, 1.165) is 44.3 Å². The van der Waals surface area contributed by atoms with Crippen LogP contribution < -0.4 is 0 Å². The van der Waals surface area contributed by atoms with Crippen LogP contribution in [0, 0.1) is 24.2 Å². The van der Waals surface area contributed by atoms with Gasteiger partial charge in [0.15, 0.2) is 0 Å². The summed E-state index contributed by atoms with van der Waals surface area (Å²) in [5.41, 5.74) is 1.52. The summed E-state index contributed by atoms with van der Waals surface area (Å²) >= 11 is 0. The van der Waals surface area contributed by atoms with E-state index in [9.17, 15) is 14.7 Å². The molecule has 3 fully saturated rings. The average Bonchev–Trinajstić information content (AvgIpc) is 3.30. The van der Waals surface area contributed by atoms with E-state index < -0.39 is 11.4 Å². The first-order chi connectivity index (χ1) is 12.5. The molecule has 0 bridgehead atoms. The molecule has 3 aliphatic rings. The lowest BCUT2D eigenvalue weighted by molar-refractivity contribution is -0.149. The number of aromatic nitrogens is 1. The second-order valence-corrected chi connectivity index (χ2v) is 8.33. The van der Waals surface area contributed by atoms with Gasteiger partial charge in [-0.15, -0.1) is 0 Å². The Morgan fingerprint density at radius 1 is 1.27 bits per heavy atom. The van der Waals surface area contributed by atoms with Gasteiger partial charge >= 0.3 is 5.97 Å². The molecule has 0 radical (unpaired) electrons. The maximum absolute atomic E-state index is 12.8. The first-order valence-electron chi connectivity index (χ1n) is 9.63. The van der Waals surface area contributed by atoms with Crippen molar-refractivity contribution in [1.82, 2.24) is 14.8 Å². The molecule has 1 N–H and O–H groups in total. The van der Waals surface area contributed by atoms with E-state index in [0.29, 0.717) is 19.6 Å². The van der Waals surface area contributed by atoms with E-state index in [2.05, 4.69) is 9.88 Å². The van der Waals surface area contributed by atoms with Crippen LogP contribution >= 0.6 is 0 Å². The van der Waals surface area contributed by atoms with Crippen LogP contribution in [-0.4, -0.2) is 57.9 Å². The summed E-state index contributed by atoms with van der Waals surface area (Å²) < 4.78 is 0. The van der Waals surface area contributed by atoms with Gasteiger partial charge in [0.25, 0.3) is 0 Å². The van der Waals surface area contributed by atoms with Gasteiger partial charge in [0.05, 0.1) is 0 Å². The molecule has 140 valence electrons. The Bertz CT molecular complexity index is 716. The van der Waals surface area contributed by atoms with Crippen molar-refractivity contribution < 1.29 is 14.7 Å². The highest BCUT2D eigenvalue weighted by molar-refractivity contribution is 5.83. The Labute approximate surface area is 154 Å². The molecule has 1 amide bonds. The molecule has 0 aromatic carbocycles.